The molecule has 4 N–H and O–H groups in total. The Hall–Kier alpha value is -1.59. The van der Waals surface area contributed by atoms with E-state index in [-0.39, 0.29) is 7.85 Å². The minimum atomic E-state index is -0.792. The molecule has 0 aromatic carbocycles. The number of urea groups is 1. The van der Waals surface area contributed by atoms with Crippen molar-refractivity contribution in [3.05, 3.63) is 0 Å². The van der Waals surface area contributed by atoms with Gasteiger partial charge in [0.15, 0.2) is 0 Å². The monoisotopic (exact) mass is 203 g/mol. The first-order valence-electron chi connectivity index (χ1n) is 4.40. The van der Waals surface area contributed by atoms with E-state index in [2.05, 4.69) is 19.2 Å². The molecule has 0 aromatic heterocycles. The predicted octanol–water partition coefficient (Wildman–Crippen LogP) is -0.268. The van der Waals surface area contributed by atoms with Crippen molar-refractivity contribution in [2.45, 2.75) is 32.7 Å². The largest absolute Gasteiger partial charge is 0.370 e. The number of primary amides is 1. The van der Waals surface area contributed by atoms with Crippen molar-refractivity contribution in [1.82, 2.24) is 10.6 Å². The number of hydrogen-bond acceptors (Lipinski definition) is 3. The number of carbonyl (C=O) groups excluding carboxylic acids is 3. The van der Waals surface area contributed by atoms with Gasteiger partial charge in [-0.05, 0) is 0 Å². The van der Waals surface area contributed by atoms with Gasteiger partial charge in [-0.15, -0.1) is 0 Å². The van der Waals surface area contributed by atoms with Crippen molar-refractivity contribution in [2.24, 2.45) is 5.73 Å². The van der Waals surface area contributed by atoms with Gasteiger partial charge in [-0.25, -0.2) is 4.79 Å². The van der Waals surface area contributed by atoms with E-state index in [0.717, 1.165) is 0 Å². The number of nitrogens with one attached hydrogen (secondary N) is 2. The molecule has 1 aliphatic rings. The molecule has 6 heteroatoms. The Morgan fingerprint density at radius 1 is 1.50 bits per heavy atom. The van der Waals surface area contributed by atoms with Gasteiger partial charge >= 0.3 is 6.03 Å². The van der Waals surface area contributed by atoms with Crippen LogP contribution in [0.4, 0.5) is 4.79 Å². The van der Waals surface area contributed by atoms with Crippen LogP contribution in [0.15, 0.2) is 0 Å². The Bertz CT molecular complexity index is 245. The summed E-state index contributed by atoms with van der Waals surface area (Å²) in [5.41, 5.74) is 4.81. The molecule has 0 spiro atoms. The number of carbonyl (C=O) groups is 3. The molecule has 6 nitrogen and oxygen atoms in total. The summed E-state index contributed by atoms with van der Waals surface area (Å²) in [7, 11) is 0. The molecule has 4 amide bonds. The summed E-state index contributed by atoms with van der Waals surface area (Å²) >= 11 is 0. The van der Waals surface area contributed by atoms with Crippen LogP contribution in [0.5, 0.6) is 0 Å². The van der Waals surface area contributed by atoms with Gasteiger partial charge in [0, 0.05) is 1.43 Å². The molecule has 1 heterocycles. The predicted molar refractivity (Wildman–Crippen MR) is 52.4 cm³/mol. The zero-order valence-corrected chi connectivity index (χ0v) is 8.29. The maximum Gasteiger partial charge on any atom is 0.322 e. The molecule has 1 aliphatic heterocycles. The van der Waals surface area contributed by atoms with Gasteiger partial charge in [0.25, 0.3) is 5.91 Å². The molecule has 0 radical (unpaired) electrons. The third-order valence-corrected chi connectivity index (χ3v) is 1.26. The van der Waals surface area contributed by atoms with E-state index in [1.54, 1.807) is 0 Å². The maximum atomic E-state index is 10.7. The van der Waals surface area contributed by atoms with Crippen LogP contribution in [0.25, 0.3) is 0 Å². The van der Waals surface area contributed by atoms with Crippen LogP contribution in [0.3, 0.4) is 0 Å². The lowest BCUT2D eigenvalue weighted by atomic mass is 10.2. The molecule has 1 saturated heterocycles. The Morgan fingerprint density at radius 3 is 2.29 bits per heavy atom. The van der Waals surface area contributed by atoms with Crippen LogP contribution in [-0.2, 0) is 9.59 Å². The molecular weight excluding hydrogens is 186 g/mol. The molecular formula is C8H17N3O3. The van der Waals surface area contributed by atoms with E-state index in [9.17, 15) is 14.4 Å². The summed E-state index contributed by atoms with van der Waals surface area (Å²) < 4.78 is 0. The lowest BCUT2D eigenvalue weighted by Crippen LogP contribution is -2.33. The van der Waals surface area contributed by atoms with Crippen LogP contribution in [0, 0.1) is 0 Å². The average Bonchev–Trinajstić information content (AvgIpc) is 2.30. The fourth-order valence-electron chi connectivity index (χ4n) is 0.804. The minimum absolute atomic E-state index is 0. The fraction of sp³-hybridized carbons (Fsp3) is 0.625. The topological polar surface area (TPSA) is 101 Å². The fourth-order valence-corrected chi connectivity index (χ4v) is 0.804. The molecule has 82 valence electrons. The third kappa shape index (κ3) is 4.44. The lowest BCUT2D eigenvalue weighted by Gasteiger charge is -2.01. The SMILES string of the molecule is CCC.NC(=O)CC1NC(=O)NC1=O.[HH]. The van der Waals surface area contributed by atoms with Crippen molar-refractivity contribution in [3.63, 3.8) is 0 Å². The summed E-state index contributed by atoms with van der Waals surface area (Å²) in [5.74, 6) is -1.12. The first-order chi connectivity index (χ1) is 6.51. The summed E-state index contributed by atoms with van der Waals surface area (Å²) in [4.78, 5) is 31.5. The Balaban J connectivity index is 0. The van der Waals surface area contributed by atoms with Crippen molar-refractivity contribution in [1.29, 1.82) is 0 Å². The maximum absolute atomic E-state index is 10.7. The van der Waals surface area contributed by atoms with Gasteiger partial charge in [-0.3, -0.25) is 14.9 Å². The molecule has 1 atom stereocenters. The second-order valence-corrected chi connectivity index (χ2v) is 2.89. The quantitative estimate of drug-likeness (QED) is 0.538. The van der Waals surface area contributed by atoms with Crippen molar-refractivity contribution in [3.8, 4) is 0 Å². The summed E-state index contributed by atoms with van der Waals surface area (Å²) in [6.07, 6.45) is 1.09. The van der Waals surface area contributed by atoms with Gasteiger partial charge in [0.05, 0.1) is 6.42 Å². The zero-order chi connectivity index (χ0) is 11.1. The number of imide groups is 1. The third-order valence-electron chi connectivity index (χ3n) is 1.26. The van der Waals surface area contributed by atoms with Crippen LogP contribution >= 0.6 is 0 Å². The smallest absolute Gasteiger partial charge is 0.322 e. The first-order valence-corrected chi connectivity index (χ1v) is 4.40. The highest BCUT2D eigenvalue weighted by Gasteiger charge is 2.30. The number of nitrogens with two attached hydrogens (primary N) is 1. The van der Waals surface area contributed by atoms with Gasteiger partial charge < -0.3 is 11.1 Å². The van der Waals surface area contributed by atoms with Crippen molar-refractivity contribution < 1.29 is 15.8 Å². The highest BCUT2D eigenvalue weighted by Crippen LogP contribution is 1.96. The molecule has 1 fully saturated rings. The van der Waals surface area contributed by atoms with Crippen LogP contribution in [0.2, 0.25) is 0 Å². The number of amides is 4. The van der Waals surface area contributed by atoms with Crippen molar-refractivity contribution in [2.75, 3.05) is 0 Å². The summed E-state index contributed by atoms with van der Waals surface area (Å²) in [6.45, 7) is 4.25. The first kappa shape index (κ1) is 12.4. The molecule has 0 saturated carbocycles. The molecule has 0 aromatic rings. The lowest BCUT2D eigenvalue weighted by molar-refractivity contribution is -0.124. The molecule has 14 heavy (non-hydrogen) atoms. The van der Waals surface area contributed by atoms with Gasteiger partial charge in [0.2, 0.25) is 5.91 Å². The minimum Gasteiger partial charge on any atom is -0.370 e. The van der Waals surface area contributed by atoms with E-state index in [0.29, 0.717) is 0 Å². The van der Waals surface area contributed by atoms with E-state index < -0.39 is 23.9 Å². The molecule has 0 bridgehead atoms. The van der Waals surface area contributed by atoms with Crippen LogP contribution in [-0.4, -0.2) is 23.9 Å². The average molecular weight is 203 g/mol. The number of rotatable bonds is 2. The van der Waals surface area contributed by atoms with E-state index in [1.807, 2.05) is 5.32 Å². The summed E-state index contributed by atoms with van der Waals surface area (Å²) in [6, 6.07) is -1.37. The molecule has 0 aliphatic carbocycles. The Morgan fingerprint density at radius 2 is 2.00 bits per heavy atom. The second-order valence-electron chi connectivity index (χ2n) is 2.89. The van der Waals surface area contributed by atoms with Crippen LogP contribution < -0.4 is 16.4 Å². The second kappa shape index (κ2) is 5.95. The standard InChI is InChI=1S/C5H7N3O3.C3H8.H2/c6-3(9)1-2-4(10)8-5(11)7-2;1-3-2;/h2H,1H2,(H2,6,9)(H2,7,8,10,11);3H2,1-2H3;1H. The van der Waals surface area contributed by atoms with Crippen molar-refractivity contribution >= 4 is 17.8 Å². The van der Waals surface area contributed by atoms with E-state index >= 15 is 0 Å². The van der Waals surface area contributed by atoms with E-state index in [1.165, 1.54) is 6.42 Å². The highest BCUT2D eigenvalue weighted by atomic mass is 16.2. The Kier molecular flexibility index (Phi) is 5.28. The van der Waals surface area contributed by atoms with E-state index in [4.69, 9.17) is 5.73 Å². The number of hydrogen-bond donors (Lipinski definition) is 3. The van der Waals surface area contributed by atoms with Gasteiger partial charge in [0.1, 0.15) is 6.04 Å². The zero-order valence-electron chi connectivity index (χ0n) is 8.29. The highest BCUT2D eigenvalue weighted by molar-refractivity contribution is 6.05. The Labute approximate surface area is 83.7 Å². The molecule has 1 rings (SSSR count). The van der Waals surface area contributed by atoms with Gasteiger partial charge in [-0.1, -0.05) is 20.3 Å². The van der Waals surface area contributed by atoms with Gasteiger partial charge in [-0.2, -0.15) is 0 Å². The molecule has 1 unspecified atom stereocenters. The normalized spacial score (nSPS) is 19.1. The van der Waals surface area contributed by atoms with Crippen LogP contribution in [0.1, 0.15) is 28.1 Å². The summed E-state index contributed by atoms with van der Waals surface area (Å²) in [5, 5.41) is 4.21.